The third-order valence-corrected chi connectivity index (χ3v) is 5.25. The molecule has 1 aromatic carbocycles. The SMILES string of the molecule is CCc1cnc2c(c1Nc1ccc(Br)c(C)c1)c(=O)n(C)c(=O)n2C. The minimum Gasteiger partial charge on any atom is -0.354 e. The van der Waals surface area contributed by atoms with Crippen LogP contribution in [0.3, 0.4) is 0 Å². The first-order chi connectivity index (χ1) is 11.8. The molecule has 0 aliphatic heterocycles. The van der Waals surface area contributed by atoms with E-state index in [2.05, 4.69) is 26.2 Å². The number of hydrogen-bond acceptors (Lipinski definition) is 4. The number of benzene rings is 1. The van der Waals surface area contributed by atoms with Gasteiger partial charge in [0.25, 0.3) is 5.56 Å². The first kappa shape index (κ1) is 17.4. The Balaban J connectivity index is 2.34. The zero-order chi connectivity index (χ0) is 18.3. The Morgan fingerprint density at radius 2 is 1.92 bits per heavy atom. The van der Waals surface area contributed by atoms with Crippen LogP contribution in [0.5, 0.6) is 0 Å². The van der Waals surface area contributed by atoms with E-state index < -0.39 is 0 Å². The number of nitrogens with one attached hydrogen (secondary N) is 1. The summed E-state index contributed by atoms with van der Waals surface area (Å²) in [5, 5.41) is 3.78. The van der Waals surface area contributed by atoms with Gasteiger partial charge in [-0.05, 0) is 42.7 Å². The molecule has 0 atom stereocenters. The lowest BCUT2D eigenvalue weighted by Crippen LogP contribution is -2.37. The molecule has 0 bridgehead atoms. The standard InChI is InChI=1S/C18H19BrN4O2/c1-5-11-9-20-16-14(17(24)23(4)18(25)22(16)3)15(11)21-12-6-7-13(19)10(2)8-12/h6-9H,5H2,1-4H3,(H,20,21). The summed E-state index contributed by atoms with van der Waals surface area (Å²) in [5.74, 6) is 0. The molecule has 0 saturated heterocycles. The fourth-order valence-corrected chi connectivity index (χ4v) is 3.09. The molecular weight excluding hydrogens is 384 g/mol. The number of hydrogen-bond donors (Lipinski definition) is 1. The van der Waals surface area contributed by atoms with Crippen molar-refractivity contribution in [1.29, 1.82) is 0 Å². The maximum atomic E-state index is 12.8. The van der Waals surface area contributed by atoms with Crippen LogP contribution in [0.1, 0.15) is 18.1 Å². The Hall–Kier alpha value is -2.41. The zero-order valence-corrected chi connectivity index (χ0v) is 16.1. The van der Waals surface area contributed by atoms with Crippen molar-refractivity contribution in [3.8, 4) is 0 Å². The van der Waals surface area contributed by atoms with Gasteiger partial charge in [-0.2, -0.15) is 0 Å². The number of pyridine rings is 1. The molecule has 3 rings (SSSR count). The first-order valence-corrected chi connectivity index (χ1v) is 8.75. The van der Waals surface area contributed by atoms with Crippen LogP contribution in [-0.2, 0) is 20.5 Å². The average Bonchev–Trinajstić information content (AvgIpc) is 2.60. The maximum absolute atomic E-state index is 12.8. The zero-order valence-electron chi connectivity index (χ0n) is 14.6. The summed E-state index contributed by atoms with van der Waals surface area (Å²) in [7, 11) is 3.10. The Morgan fingerprint density at radius 1 is 1.20 bits per heavy atom. The Kier molecular flexibility index (Phi) is 4.51. The highest BCUT2D eigenvalue weighted by molar-refractivity contribution is 9.10. The highest BCUT2D eigenvalue weighted by Gasteiger charge is 2.17. The predicted molar refractivity (Wildman–Crippen MR) is 104 cm³/mol. The molecule has 2 aromatic heterocycles. The molecule has 1 N–H and O–H groups in total. The van der Waals surface area contributed by atoms with Gasteiger partial charge in [-0.1, -0.05) is 22.9 Å². The molecule has 0 radical (unpaired) electrons. The molecule has 25 heavy (non-hydrogen) atoms. The summed E-state index contributed by atoms with van der Waals surface area (Å²) in [4.78, 5) is 29.3. The van der Waals surface area contributed by atoms with Crippen LogP contribution in [0.4, 0.5) is 11.4 Å². The van der Waals surface area contributed by atoms with Crippen molar-refractivity contribution in [3.05, 3.63) is 60.8 Å². The fourth-order valence-electron chi connectivity index (χ4n) is 2.85. The van der Waals surface area contributed by atoms with Gasteiger partial charge in [0, 0.05) is 30.5 Å². The molecule has 0 aliphatic rings. The molecule has 7 heteroatoms. The minimum absolute atomic E-state index is 0.350. The van der Waals surface area contributed by atoms with E-state index in [1.807, 2.05) is 32.0 Å². The molecule has 0 amide bonds. The largest absolute Gasteiger partial charge is 0.354 e. The normalized spacial score (nSPS) is 11.1. The van der Waals surface area contributed by atoms with Crippen molar-refractivity contribution >= 4 is 38.3 Å². The smallest absolute Gasteiger partial charge is 0.332 e. The number of rotatable bonds is 3. The van der Waals surface area contributed by atoms with E-state index in [4.69, 9.17) is 0 Å². The Labute approximate surface area is 153 Å². The van der Waals surface area contributed by atoms with Crippen LogP contribution >= 0.6 is 15.9 Å². The number of nitrogens with zero attached hydrogens (tertiary/aromatic N) is 3. The van der Waals surface area contributed by atoms with E-state index in [-0.39, 0.29) is 11.2 Å². The second-order valence-electron chi connectivity index (χ2n) is 6.01. The van der Waals surface area contributed by atoms with Gasteiger partial charge >= 0.3 is 5.69 Å². The van der Waals surface area contributed by atoms with E-state index >= 15 is 0 Å². The molecule has 6 nitrogen and oxygen atoms in total. The summed E-state index contributed by atoms with van der Waals surface area (Å²) in [5.41, 5.74) is 3.22. The molecule has 0 unspecified atom stereocenters. The van der Waals surface area contributed by atoms with Crippen molar-refractivity contribution in [3.63, 3.8) is 0 Å². The summed E-state index contributed by atoms with van der Waals surface area (Å²) < 4.78 is 3.53. The van der Waals surface area contributed by atoms with Gasteiger partial charge in [0.1, 0.15) is 5.39 Å². The van der Waals surface area contributed by atoms with Crippen molar-refractivity contribution in [2.45, 2.75) is 20.3 Å². The van der Waals surface area contributed by atoms with E-state index in [1.54, 1.807) is 13.2 Å². The van der Waals surface area contributed by atoms with Crippen molar-refractivity contribution in [1.82, 2.24) is 14.1 Å². The highest BCUT2D eigenvalue weighted by Crippen LogP contribution is 2.28. The van der Waals surface area contributed by atoms with Gasteiger partial charge in [-0.15, -0.1) is 0 Å². The molecule has 2 heterocycles. The number of anilines is 2. The Bertz CT molecular complexity index is 1100. The summed E-state index contributed by atoms with van der Waals surface area (Å²) >= 11 is 3.49. The molecule has 0 fully saturated rings. The van der Waals surface area contributed by atoms with Crippen LogP contribution in [0.25, 0.3) is 11.0 Å². The third-order valence-electron chi connectivity index (χ3n) is 4.36. The number of fused-ring (bicyclic) bond motifs is 1. The first-order valence-electron chi connectivity index (χ1n) is 7.96. The quantitative estimate of drug-likeness (QED) is 0.730. The molecule has 0 aliphatic carbocycles. The highest BCUT2D eigenvalue weighted by atomic mass is 79.9. The molecular formula is C18H19BrN4O2. The average molecular weight is 403 g/mol. The summed E-state index contributed by atoms with van der Waals surface area (Å²) in [6.07, 6.45) is 2.43. The van der Waals surface area contributed by atoms with Crippen LogP contribution in [0.15, 0.2) is 38.5 Å². The summed E-state index contributed by atoms with van der Waals surface area (Å²) in [6, 6.07) is 5.90. The minimum atomic E-state index is -0.389. The van der Waals surface area contributed by atoms with E-state index in [9.17, 15) is 9.59 Å². The lowest BCUT2D eigenvalue weighted by Gasteiger charge is -2.16. The van der Waals surface area contributed by atoms with Gasteiger partial charge in [0.05, 0.1) is 5.69 Å². The van der Waals surface area contributed by atoms with Gasteiger partial charge in [0.15, 0.2) is 5.65 Å². The third kappa shape index (κ3) is 2.89. The van der Waals surface area contributed by atoms with E-state index in [0.717, 1.165) is 25.9 Å². The summed E-state index contributed by atoms with van der Waals surface area (Å²) in [6.45, 7) is 4.01. The van der Waals surface area contributed by atoms with Gasteiger partial charge in [-0.3, -0.25) is 13.9 Å². The molecule has 3 aromatic rings. The number of aromatic nitrogens is 3. The fraction of sp³-hybridized carbons (Fsp3) is 0.278. The van der Waals surface area contributed by atoms with Gasteiger partial charge in [-0.25, -0.2) is 9.78 Å². The second-order valence-corrected chi connectivity index (χ2v) is 6.86. The van der Waals surface area contributed by atoms with Crippen molar-refractivity contribution < 1.29 is 0 Å². The molecule has 0 saturated carbocycles. The number of aryl methyl sites for hydroxylation is 3. The second kappa shape index (κ2) is 6.48. The van der Waals surface area contributed by atoms with E-state index in [1.165, 1.54) is 11.6 Å². The van der Waals surface area contributed by atoms with Crippen molar-refractivity contribution in [2.75, 3.05) is 5.32 Å². The van der Waals surface area contributed by atoms with Gasteiger partial charge in [0.2, 0.25) is 0 Å². The topological polar surface area (TPSA) is 68.9 Å². The Morgan fingerprint density at radius 3 is 2.56 bits per heavy atom. The number of halogens is 1. The van der Waals surface area contributed by atoms with Gasteiger partial charge < -0.3 is 5.32 Å². The van der Waals surface area contributed by atoms with Crippen LogP contribution in [0.2, 0.25) is 0 Å². The monoisotopic (exact) mass is 402 g/mol. The van der Waals surface area contributed by atoms with Crippen LogP contribution in [-0.4, -0.2) is 14.1 Å². The van der Waals surface area contributed by atoms with Crippen LogP contribution in [0, 0.1) is 6.92 Å². The van der Waals surface area contributed by atoms with E-state index in [0.29, 0.717) is 23.1 Å². The van der Waals surface area contributed by atoms with Crippen molar-refractivity contribution in [2.24, 2.45) is 14.1 Å². The molecule has 0 spiro atoms. The van der Waals surface area contributed by atoms with Crippen LogP contribution < -0.4 is 16.6 Å². The lowest BCUT2D eigenvalue weighted by molar-refractivity contribution is 0.707. The predicted octanol–water partition coefficient (Wildman–Crippen LogP) is 3.01. The lowest BCUT2D eigenvalue weighted by atomic mass is 10.1. The maximum Gasteiger partial charge on any atom is 0.332 e. The molecule has 130 valence electrons.